The minimum atomic E-state index is 0.767. The van der Waals surface area contributed by atoms with Crippen LogP contribution < -0.4 is 0 Å². The topological polar surface area (TPSA) is 0 Å². The fourth-order valence-corrected chi connectivity index (χ4v) is 3.09. The first kappa shape index (κ1) is 15.1. The van der Waals surface area contributed by atoms with Crippen LogP contribution in [0.2, 0.25) is 0 Å². The van der Waals surface area contributed by atoms with E-state index in [2.05, 4.69) is 50.8 Å². The number of rotatable bonds is 1. The average Bonchev–Trinajstić information content (AvgIpc) is 2.48. The third-order valence-corrected chi connectivity index (χ3v) is 4.60. The molecule has 20 heavy (non-hydrogen) atoms. The first-order chi connectivity index (χ1) is 9.66. The second-order valence-corrected chi connectivity index (χ2v) is 6.34. The van der Waals surface area contributed by atoms with Gasteiger partial charge >= 0.3 is 0 Å². The molecule has 0 saturated carbocycles. The van der Waals surface area contributed by atoms with E-state index in [1.807, 2.05) is 0 Å². The monoisotopic (exact) mass is 268 g/mol. The van der Waals surface area contributed by atoms with Gasteiger partial charge in [0.25, 0.3) is 0 Å². The number of benzene rings is 1. The third-order valence-electron chi connectivity index (χ3n) is 4.60. The Labute approximate surface area is 124 Å². The second-order valence-electron chi connectivity index (χ2n) is 6.34. The van der Waals surface area contributed by atoms with Gasteiger partial charge in [0.15, 0.2) is 0 Å². The summed E-state index contributed by atoms with van der Waals surface area (Å²) in [5.41, 5.74) is 6.06. The molecule has 2 aliphatic carbocycles. The molecule has 1 aromatic carbocycles. The van der Waals surface area contributed by atoms with Crippen molar-refractivity contribution in [2.75, 3.05) is 0 Å². The first-order valence-corrected chi connectivity index (χ1v) is 8.04. The molecular formula is C20H28. The van der Waals surface area contributed by atoms with E-state index in [9.17, 15) is 0 Å². The Morgan fingerprint density at radius 3 is 2.10 bits per heavy atom. The lowest BCUT2D eigenvalue weighted by Gasteiger charge is -2.19. The summed E-state index contributed by atoms with van der Waals surface area (Å²) in [4.78, 5) is 0. The Hall–Kier alpha value is -1.30. The van der Waals surface area contributed by atoms with Crippen molar-refractivity contribution in [3.05, 3.63) is 59.2 Å². The zero-order chi connectivity index (χ0) is 14.4. The van der Waals surface area contributed by atoms with Gasteiger partial charge in [0, 0.05) is 0 Å². The number of hydrogen-bond acceptors (Lipinski definition) is 0. The van der Waals surface area contributed by atoms with Crippen LogP contribution in [0.3, 0.4) is 0 Å². The van der Waals surface area contributed by atoms with Gasteiger partial charge in [0.1, 0.15) is 0 Å². The smallest absolute Gasteiger partial charge is 0.0171 e. The summed E-state index contributed by atoms with van der Waals surface area (Å²) in [5, 5.41) is 0. The van der Waals surface area contributed by atoms with Gasteiger partial charge in [-0.05, 0) is 75.8 Å². The zero-order valence-electron chi connectivity index (χ0n) is 13.1. The molecule has 0 radical (unpaired) electrons. The number of fused-ring (bicyclic) bond motifs is 1. The lowest BCUT2D eigenvalue weighted by Crippen LogP contribution is -2.04. The van der Waals surface area contributed by atoms with E-state index in [-0.39, 0.29) is 0 Å². The molecule has 1 unspecified atom stereocenters. The molecular weight excluding hydrogens is 240 g/mol. The largest absolute Gasteiger partial charge is 0.0998 e. The molecule has 2 aliphatic rings. The maximum Gasteiger partial charge on any atom is -0.0171 e. The van der Waals surface area contributed by atoms with Gasteiger partial charge in [-0.2, -0.15) is 0 Å². The van der Waals surface area contributed by atoms with Crippen LogP contribution in [0, 0.1) is 5.92 Å². The highest BCUT2D eigenvalue weighted by Crippen LogP contribution is 2.27. The predicted molar refractivity (Wildman–Crippen MR) is 89.0 cm³/mol. The Morgan fingerprint density at radius 2 is 1.65 bits per heavy atom. The summed E-state index contributed by atoms with van der Waals surface area (Å²) in [5.74, 6) is 0.767. The molecule has 0 spiro atoms. The molecule has 0 fully saturated rings. The van der Waals surface area contributed by atoms with Crippen LogP contribution in [0.5, 0.6) is 0 Å². The van der Waals surface area contributed by atoms with Gasteiger partial charge in [-0.15, -0.1) is 0 Å². The average molecular weight is 268 g/mol. The van der Waals surface area contributed by atoms with E-state index >= 15 is 0 Å². The molecule has 0 heterocycles. The fourth-order valence-electron chi connectivity index (χ4n) is 3.09. The lowest BCUT2D eigenvalue weighted by atomic mass is 9.86. The van der Waals surface area contributed by atoms with Crippen molar-refractivity contribution < 1.29 is 0 Å². The number of allylic oxidation sites excluding steroid dienone is 3. The van der Waals surface area contributed by atoms with Gasteiger partial charge in [0.05, 0.1) is 0 Å². The highest BCUT2D eigenvalue weighted by molar-refractivity contribution is 5.28. The summed E-state index contributed by atoms with van der Waals surface area (Å²) in [6.45, 7) is 8.33. The van der Waals surface area contributed by atoms with E-state index in [4.69, 9.17) is 0 Å². The van der Waals surface area contributed by atoms with Crippen LogP contribution in [0.15, 0.2) is 48.1 Å². The molecule has 0 heteroatoms. The number of hydrogen-bond donors (Lipinski definition) is 0. The molecule has 0 aliphatic heterocycles. The van der Waals surface area contributed by atoms with Gasteiger partial charge in [-0.25, -0.2) is 0 Å². The molecule has 0 saturated heterocycles. The zero-order valence-corrected chi connectivity index (χ0v) is 13.1. The highest BCUT2D eigenvalue weighted by atomic mass is 14.2. The summed E-state index contributed by atoms with van der Waals surface area (Å²) in [7, 11) is 0. The van der Waals surface area contributed by atoms with Crippen molar-refractivity contribution in [3.8, 4) is 0 Å². The quantitative estimate of drug-likeness (QED) is 0.558. The molecule has 108 valence electrons. The van der Waals surface area contributed by atoms with Crippen molar-refractivity contribution in [1.82, 2.24) is 0 Å². The molecule has 3 rings (SSSR count). The standard InChI is InChI=1S/C10H12.C10H16/c1-2-6-10-8-4-3-7-9(10)5-1;1-8(2)10-6-4-9(3)5-7-10/h1-2,5-6H,3-4,7-8H2;4,10H,1,5-7H2,2-3H3. The summed E-state index contributed by atoms with van der Waals surface area (Å²) in [6.07, 6.45) is 11.5. The normalized spacial score (nSPS) is 21.1. The molecule has 0 N–H and O–H groups in total. The highest BCUT2D eigenvalue weighted by Gasteiger charge is 2.11. The van der Waals surface area contributed by atoms with E-state index in [1.54, 1.807) is 16.7 Å². The van der Waals surface area contributed by atoms with E-state index in [0.717, 1.165) is 5.92 Å². The van der Waals surface area contributed by atoms with Crippen LogP contribution in [0.4, 0.5) is 0 Å². The van der Waals surface area contributed by atoms with Crippen molar-refractivity contribution in [2.45, 2.75) is 58.8 Å². The van der Waals surface area contributed by atoms with Crippen LogP contribution >= 0.6 is 0 Å². The Kier molecular flexibility index (Phi) is 5.64. The van der Waals surface area contributed by atoms with Gasteiger partial charge in [-0.1, -0.05) is 48.1 Å². The summed E-state index contributed by atoms with van der Waals surface area (Å²) < 4.78 is 0. The SMILES string of the molecule is C=C(C)C1CC=C(C)CC1.c1ccc2c(c1)CCCC2. The molecule has 0 bridgehead atoms. The van der Waals surface area contributed by atoms with E-state index < -0.39 is 0 Å². The van der Waals surface area contributed by atoms with Crippen LogP contribution in [-0.4, -0.2) is 0 Å². The fraction of sp³-hybridized carbons (Fsp3) is 0.500. The third kappa shape index (κ3) is 4.37. The summed E-state index contributed by atoms with van der Waals surface area (Å²) >= 11 is 0. The van der Waals surface area contributed by atoms with Crippen LogP contribution in [0.1, 0.15) is 57.1 Å². The minimum Gasteiger partial charge on any atom is -0.0998 e. The predicted octanol–water partition coefficient (Wildman–Crippen LogP) is 5.87. The van der Waals surface area contributed by atoms with Gasteiger partial charge < -0.3 is 0 Å². The Balaban J connectivity index is 0.000000147. The van der Waals surface area contributed by atoms with Crippen LogP contribution in [-0.2, 0) is 12.8 Å². The molecule has 0 nitrogen and oxygen atoms in total. The molecule has 0 aromatic heterocycles. The molecule has 0 amide bonds. The van der Waals surface area contributed by atoms with Crippen molar-refractivity contribution in [2.24, 2.45) is 5.92 Å². The Morgan fingerprint density at radius 1 is 1.05 bits per heavy atom. The van der Waals surface area contributed by atoms with E-state index in [0.29, 0.717) is 0 Å². The van der Waals surface area contributed by atoms with Crippen molar-refractivity contribution in [3.63, 3.8) is 0 Å². The van der Waals surface area contributed by atoms with Gasteiger partial charge in [0.2, 0.25) is 0 Å². The maximum absolute atomic E-state index is 3.97. The second kappa shape index (κ2) is 7.47. The van der Waals surface area contributed by atoms with Crippen molar-refractivity contribution in [1.29, 1.82) is 0 Å². The molecule has 1 aromatic rings. The Bertz CT molecular complexity index is 454. The summed E-state index contributed by atoms with van der Waals surface area (Å²) in [6, 6.07) is 8.80. The number of aryl methyl sites for hydroxylation is 2. The van der Waals surface area contributed by atoms with Crippen molar-refractivity contribution >= 4 is 0 Å². The van der Waals surface area contributed by atoms with Crippen LogP contribution in [0.25, 0.3) is 0 Å². The van der Waals surface area contributed by atoms with E-state index in [1.165, 1.54) is 50.5 Å². The maximum atomic E-state index is 3.97. The van der Waals surface area contributed by atoms with Gasteiger partial charge in [-0.3, -0.25) is 0 Å². The first-order valence-electron chi connectivity index (χ1n) is 8.04. The lowest BCUT2D eigenvalue weighted by molar-refractivity contribution is 0.540. The minimum absolute atomic E-state index is 0.767. The molecule has 1 atom stereocenters.